The number of nitrogens with one attached hydrogen (secondary N) is 2. The molecule has 1 rings (SSSR count). The highest BCUT2D eigenvalue weighted by atomic mass is 16.4. The molecular formula is C13H24N2O3. The summed E-state index contributed by atoms with van der Waals surface area (Å²) in [5.74, 6) is -0.371. The molecule has 0 radical (unpaired) electrons. The lowest BCUT2D eigenvalue weighted by molar-refractivity contribution is -0.137. The van der Waals surface area contributed by atoms with Crippen molar-refractivity contribution in [1.29, 1.82) is 0 Å². The Balaban J connectivity index is 2.17. The smallest absolute Gasteiger partial charge is 0.303 e. The summed E-state index contributed by atoms with van der Waals surface area (Å²) in [6.45, 7) is 5.48. The summed E-state index contributed by atoms with van der Waals surface area (Å²) in [5, 5.41) is 14.7. The van der Waals surface area contributed by atoms with E-state index in [1.54, 1.807) is 0 Å². The Kier molecular flexibility index (Phi) is 5.59. The summed E-state index contributed by atoms with van der Waals surface area (Å²) in [6, 6.07) is 0. The number of hydrogen-bond acceptors (Lipinski definition) is 3. The molecule has 3 N–H and O–H groups in total. The van der Waals surface area contributed by atoms with Gasteiger partial charge in [-0.25, -0.2) is 0 Å². The summed E-state index contributed by atoms with van der Waals surface area (Å²) in [6.07, 6.45) is 3.62. The van der Waals surface area contributed by atoms with Crippen LogP contribution in [-0.4, -0.2) is 35.6 Å². The third kappa shape index (κ3) is 4.64. The fourth-order valence-electron chi connectivity index (χ4n) is 2.23. The fraction of sp³-hybridized carbons (Fsp3) is 0.846. The van der Waals surface area contributed by atoms with Crippen molar-refractivity contribution in [2.75, 3.05) is 13.1 Å². The standard InChI is InChI=1S/C13H24N2O3/c1-10(4-5-11(16)17)6-9-14-12(18)13(2)7-3-8-15-13/h10,15H,3-9H2,1-2H3,(H,14,18)(H,16,17). The summed E-state index contributed by atoms with van der Waals surface area (Å²) >= 11 is 0. The molecule has 1 aliphatic heterocycles. The van der Waals surface area contributed by atoms with Gasteiger partial charge in [0.05, 0.1) is 5.54 Å². The van der Waals surface area contributed by atoms with Crippen LogP contribution in [0.15, 0.2) is 0 Å². The summed E-state index contributed by atoms with van der Waals surface area (Å²) in [5.41, 5.74) is -0.412. The predicted octanol–water partition coefficient (Wildman–Crippen LogP) is 1.14. The van der Waals surface area contributed by atoms with Crippen molar-refractivity contribution in [3.63, 3.8) is 0 Å². The number of hydrogen-bond donors (Lipinski definition) is 3. The maximum atomic E-state index is 11.9. The van der Waals surface area contributed by atoms with Gasteiger partial charge in [-0.2, -0.15) is 0 Å². The van der Waals surface area contributed by atoms with Crippen molar-refractivity contribution in [3.8, 4) is 0 Å². The SMILES string of the molecule is CC(CCNC(=O)C1(C)CCCN1)CCC(=O)O. The summed E-state index contributed by atoms with van der Waals surface area (Å²) < 4.78 is 0. The summed E-state index contributed by atoms with van der Waals surface area (Å²) in [7, 11) is 0. The Morgan fingerprint density at radius 3 is 2.72 bits per heavy atom. The van der Waals surface area contributed by atoms with E-state index in [0.29, 0.717) is 18.9 Å². The van der Waals surface area contributed by atoms with E-state index in [1.165, 1.54) is 0 Å². The van der Waals surface area contributed by atoms with Crippen LogP contribution in [0, 0.1) is 5.92 Å². The van der Waals surface area contributed by atoms with E-state index >= 15 is 0 Å². The zero-order chi connectivity index (χ0) is 13.6. The molecule has 0 aromatic heterocycles. The number of carboxylic acids is 1. The van der Waals surface area contributed by atoms with Crippen LogP contribution in [0.5, 0.6) is 0 Å². The van der Waals surface area contributed by atoms with Crippen LogP contribution >= 0.6 is 0 Å². The number of carboxylic acid groups (broad SMARTS) is 1. The zero-order valence-corrected chi connectivity index (χ0v) is 11.3. The number of carbonyl (C=O) groups excluding carboxylic acids is 1. The normalized spacial score (nSPS) is 24.8. The first-order chi connectivity index (χ1) is 8.44. The zero-order valence-electron chi connectivity index (χ0n) is 11.3. The molecule has 5 nitrogen and oxygen atoms in total. The highest BCUT2D eigenvalue weighted by Crippen LogP contribution is 2.18. The van der Waals surface area contributed by atoms with Crippen LogP contribution in [0.3, 0.4) is 0 Å². The average molecular weight is 256 g/mol. The van der Waals surface area contributed by atoms with Crippen LogP contribution in [-0.2, 0) is 9.59 Å². The molecule has 0 spiro atoms. The molecule has 1 fully saturated rings. The van der Waals surface area contributed by atoms with Gasteiger partial charge in [-0.1, -0.05) is 6.92 Å². The van der Waals surface area contributed by atoms with Gasteiger partial charge in [0.15, 0.2) is 0 Å². The van der Waals surface area contributed by atoms with Crippen molar-refractivity contribution in [1.82, 2.24) is 10.6 Å². The van der Waals surface area contributed by atoms with Gasteiger partial charge in [-0.3, -0.25) is 9.59 Å². The third-order valence-corrected chi connectivity index (χ3v) is 3.64. The molecule has 2 atom stereocenters. The fourth-order valence-corrected chi connectivity index (χ4v) is 2.23. The maximum absolute atomic E-state index is 11.9. The topological polar surface area (TPSA) is 78.4 Å². The number of carbonyl (C=O) groups is 2. The second kappa shape index (κ2) is 6.73. The number of rotatable bonds is 7. The molecule has 0 aliphatic carbocycles. The van der Waals surface area contributed by atoms with Gasteiger partial charge in [0.2, 0.25) is 5.91 Å². The molecule has 1 amide bonds. The summed E-state index contributed by atoms with van der Waals surface area (Å²) in [4.78, 5) is 22.4. The monoisotopic (exact) mass is 256 g/mol. The lowest BCUT2D eigenvalue weighted by atomic mass is 9.98. The molecule has 1 heterocycles. The Morgan fingerprint density at radius 2 is 2.17 bits per heavy atom. The molecule has 1 aliphatic rings. The molecule has 0 aromatic rings. The van der Waals surface area contributed by atoms with Gasteiger partial charge in [0.25, 0.3) is 0 Å². The van der Waals surface area contributed by atoms with E-state index in [-0.39, 0.29) is 12.3 Å². The van der Waals surface area contributed by atoms with Crippen molar-refractivity contribution >= 4 is 11.9 Å². The van der Waals surface area contributed by atoms with E-state index in [2.05, 4.69) is 10.6 Å². The Labute approximate surface area is 108 Å². The Hall–Kier alpha value is -1.10. The van der Waals surface area contributed by atoms with E-state index in [1.807, 2.05) is 13.8 Å². The van der Waals surface area contributed by atoms with Gasteiger partial charge in [-0.05, 0) is 45.1 Å². The van der Waals surface area contributed by atoms with Gasteiger partial charge < -0.3 is 15.7 Å². The maximum Gasteiger partial charge on any atom is 0.303 e. The minimum absolute atomic E-state index is 0.0606. The molecular weight excluding hydrogens is 232 g/mol. The second-order valence-corrected chi connectivity index (χ2v) is 5.44. The molecule has 104 valence electrons. The number of amides is 1. The lowest BCUT2D eigenvalue weighted by Gasteiger charge is -2.23. The van der Waals surface area contributed by atoms with Crippen LogP contribution in [0.4, 0.5) is 0 Å². The Morgan fingerprint density at radius 1 is 1.44 bits per heavy atom. The molecule has 0 aromatic carbocycles. The minimum Gasteiger partial charge on any atom is -0.481 e. The quantitative estimate of drug-likeness (QED) is 0.638. The van der Waals surface area contributed by atoms with Gasteiger partial charge in [0.1, 0.15) is 0 Å². The minimum atomic E-state index is -0.756. The first kappa shape index (κ1) is 15.0. The highest BCUT2D eigenvalue weighted by molar-refractivity contribution is 5.86. The van der Waals surface area contributed by atoms with Crippen molar-refractivity contribution in [2.45, 2.75) is 51.5 Å². The van der Waals surface area contributed by atoms with Crippen molar-refractivity contribution in [2.24, 2.45) is 5.92 Å². The second-order valence-electron chi connectivity index (χ2n) is 5.44. The van der Waals surface area contributed by atoms with Crippen LogP contribution in [0.2, 0.25) is 0 Å². The molecule has 18 heavy (non-hydrogen) atoms. The largest absolute Gasteiger partial charge is 0.481 e. The van der Waals surface area contributed by atoms with Gasteiger partial charge in [-0.15, -0.1) is 0 Å². The molecule has 1 saturated heterocycles. The number of aliphatic carboxylic acids is 1. The van der Waals surface area contributed by atoms with Gasteiger partial charge >= 0.3 is 5.97 Å². The van der Waals surface area contributed by atoms with Crippen LogP contribution < -0.4 is 10.6 Å². The van der Waals surface area contributed by atoms with Crippen molar-refractivity contribution in [3.05, 3.63) is 0 Å². The average Bonchev–Trinajstić information content (AvgIpc) is 2.74. The van der Waals surface area contributed by atoms with E-state index in [9.17, 15) is 9.59 Å². The van der Waals surface area contributed by atoms with E-state index in [4.69, 9.17) is 5.11 Å². The third-order valence-electron chi connectivity index (χ3n) is 3.64. The molecule has 5 heteroatoms. The van der Waals surface area contributed by atoms with E-state index in [0.717, 1.165) is 25.8 Å². The van der Waals surface area contributed by atoms with Gasteiger partial charge in [0, 0.05) is 13.0 Å². The first-order valence-corrected chi connectivity index (χ1v) is 6.69. The van der Waals surface area contributed by atoms with Crippen LogP contribution in [0.1, 0.15) is 46.0 Å². The Bertz CT molecular complexity index is 299. The van der Waals surface area contributed by atoms with Crippen LogP contribution in [0.25, 0.3) is 0 Å². The highest BCUT2D eigenvalue weighted by Gasteiger charge is 2.35. The molecule has 0 saturated carbocycles. The molecule has 0 bridgehead atoms. The lowest BCUT2D eigenvalue weighted by Crippen LogP contribution is -2.51. The molecule has 2 unspecified atom stereocenters. The predicted molar refractivity (Wildman–Crippen MR) is 69.3 cm³/mol. The van der Waals surface area contributed by atoms with Crippen molar-refractivity contribution < 1.29 is 14.7 Å². The first-order valence-electron chi connectivity index (χ1n) is 6.69. The van der Waals surface area contributed by atoms with E-state index < -0.39 is 11.5 Å².